The molecule has 1 fully saturated rings. The predicted octanol–water partition coefficient (Wildman–Crippen LogP) is 2.36. The van der Waals surface area contributed by atoms with E-state index in [9.17, 15) is 4.79 Å². The molecule has 1 aliphatic heterocycles. The lowest BCUT2D eigenvalue weighted by Crippen LogP contribution is -2.46. The van der Waals surface area contributed by atoms with E-state index >= 15 is 0 Å². The summed E-state index contributed by atoms with van der Waals surface area (Å²) in [7, 11) is 1.94. The van der Waals surface area contributed by atoms with Crippen LogP contribution in [0.15, 0.2) is 0 Å². The summed E-state index contributed by atoms with van der Waals surface area (Å²) >= 11 is 0. The van der Waals surface area contributed by atoms with Gasteiger partial charge in [0.15, 0.2) is 0 Å². The molecule has 1 aliphatic rings. The zero-order valence-electron chi connectivity index (χ0n) is 13.1. The van der Waals surface area contributed by atoms with Gasteiger partial charge in [-0.2, -0.15) is 0 Å². The summed E-state index contributed by atoms with van der Waals surface area (Å²) in [4.78, 5) is 13.8. The Hall–Kier alpha value is -0.810. The third-order valence-corrected chi connectivity index (χ3v) is 3.06. The van der Waals surface area contributed by atoms with Crippen LogP contribution in [0.5, 0.6) is 0 Å². The number of nitrogens with one attached hydrogen (secondary N) is 1. The highest BCUT2D eigenvalue weighted by Gasteiger charge is 2.43. The molecule has 0 saturated carbocycles. The fourth-order valence-electron chi connectivity index (χ4n) is 2.20. The van der Waals surface area contributed by atoms with E-state index < -0.39 is 11.3 Å². The summed E-state index contributed by atoms with van der Waals surface area (Å²) < 4.78 is 11.4. The molecule has 0 aliphatic carbocycles. The number of amides is 1. The van der Waals surface area contributed by atoms with Gasteiger partial charge in [-0.25, -0.2) is 4.79 Å². The van der Waals surface area contributed by atoms with Crippen molar-refractivity contribution < 1.29 is 14.3 Å². The molecular weight excluding hydrogens is 244 g/mol. The molecule has 0 spiro atoms. The first-order valence-electron chi connectivity index (χ1n) is 6.99. The lowest BCUT2D eigenvalue weighted by Gasteiger charge is -2.31. The molecule has 0 aromatic carbocycles. The lowest BCUT2D eigenvalue weighted by atomic mass is 10.2. The van der Waals surface area contributed by atoms with Crippen LogP contribution in [-0.4, -0.2) is 48.6 Å². The van der Waals surface area contributed by atoms with E-state index in [0.717, 1.165) is 19.4 Å². The molecule has 0 aromatic rings. The first kappa shape index (κ1) is 16.2. The molecule has 0 bridgehead atoms. The Balaban J connectivity index is 2.56. The second-order valence-electron chi connectivity index (χ2n) is 6.52. The molecule has 1 heterocycles. The van der Waals surface area contributed by atoms with Gasteiger partial charge < -0.3 is 14.8 Å². The Bertz CT molecular complexity index is 310. The summed E-state index contributed by atoms with van der Waals surface area (Å²) in [5, 5.41) is 3.12. The van der Waals surface area contributed by atoms with Crippen molar-refractivity contribution in [2.45, 2.75) is 64.9 Å². The minimum absolute atomic E-state index is 0.0934. The summed E-state index contributed by atoms with van der Waals surface area (Å²) in [6, 6.07) is 0. The number of hydrogen-bond donors (Lipinski definition) is 1. The van der Waals surface area contributed by atoms with Crippen LogP contribution in [0.25, 0.3) is 0 Å². The average Bonchev–Trinajstić information content (AvgIpc) is 2.51. The first-order chi connectivity index (χ1) is 8.65. The minimum Gasteiger partial charge on any atom is -0.444 e. The molecule has 1 amide bonds. The Labute approximate surface area is 116 Å². The van der Waals surface area contributed by atoms with Crippen molar-refractivity contribution in [2.24, 2.45) is 0 Å². The van der Waals surface area contributed by atoms with Gasteiger partial charge in [0.05, 0.1) is 12.6 Å². The number of nitrogens with zero attached hydrogens (tertiary/aromatic N) is 1. The standard InChI is InChI=1S/C14H28N2O3/c1-13(2,3)19-12(17)16-10-11(8-7-9-15-6)18-14(16,4)5/h11,15H,7-10H2,1-6H3. The topological polar surface area (TPSA) is 50.8 Å². The van der Waals surface area contributed by atoms with Crippen molar-refractivity contribution >= 4 is 6.09 Å². The maximum atomic E-state index is 12.2. The van der Waals surface area contributed by atoms with E-state index in [0.29, 0.717) is 6.54 Å². The van der Waals surface area contributed by atoms with E-state index in [-0.39, 0.29) is 12.2 Å². The van der Waals surface area contributed by atoms with Crippen LogP contribution in [0.1, 0.15) is 47.5 Å². The Kier molecular flexibility index (Phi) is 5.21. The van der Waals surface area contributed by atoms with Crippen LogP contribution in [0.2, 0.25) is 0 Å². The van der Waals surface area contributed by atoms with E-state index in [1.807, 2.05) is 41.7 Å². The number of ether oxygens (including phenoxy) is 2. The number of carbonyl (C=O) groups excluding carboxylic acids is 1. The van der Waals surface area contributed by atoms with Crippen LogP contribution in [0, 0.1) is 0 Å². The second kappa shape index (κ2) is 6.09. The normalized spacial score (nSPS) is 22.6. The van der Waals surface area contributed by atoms with E-state index in [4.69, 9.17) is 9.47 Å². The Morgan fingerprint density at radius 3 is 2.63 bits per heavy atom. The van der Waals surface area contributed by atoms with Crippen molar-refractivity contribution in [1.82, 2.24) is 10.2 Å². The number of carbonyl (C=O) groups is 1. The van der Waals surface area contributed by atoms with E-state index in [2.05, 4.69) is 5.32 Å². The Morgan fingerprint density at radius 2 is 2.11 bits per heavy atom. The quantitative estimate of drug-likeness (QED) is 0.798. The van der Waals surface area contributed by atoms with E-state index in [1.54, 1.807) is 4.90 Å². The molecule has 1 atom stereocenters. The molecule has 19 heavy (non-hydrogen) atoms. The van der Waals surface area contributed by atoms with Crippen LogP contribution < -0.4 is 5.32 Å². The smallest absolute Gasteiger partial charge is 0.412 e. The summed E-state index contributed by atoms with van der Waals surface area (Å²) in [5.41, 5.74) is -1.07. The van der Waals surface area contributed by atoms with Gasteiger partial charge in [0.25, 0.3) is 0 Å². The van der Waals surface area contributed by atoms with Crippen LogP contribution in [0.4, 0.5) is 4.79 Å². The number of hydrogen-bond acceptors (Lipinski definition) is 4. The highest BCUT2D eigenvalue weighted by Crippen LogP contribution is 2.30. The van der Waals surface area contributed by atoms with Gasteiger partial charge in [-0.15, -0.1) is 0 Å². The molecule has 5 heteroatoms. The second-order valence-corrected chi connectivity index (χ2v) is 6.52. The van der Waals surface area contributed by atoms with Gasteiger partial charge >= 0.3 is 6.09 Å². The predicted molar refractivity (Wildman–Crippen MR) is 75.1 cm³/mol. The van der Waals surface area contributed by atoms with Crippen LogP contribution in [0.3, 0.4) is 0 Å². The molecule has 112 valence electrons. The number of rotatable bonds is 4. The summed E-state index contributed by atoms with van der Waals surface area (Å²) in [5.74, 6) is 0. The summed E-state index contributed by atoms with van der Waals surface area (Å²) in [6.45, 7) is 11.0. The molecular formula is C14H28N2O3. The highest BCUT2D eigenvalue weighted by atomic mass is 16.6. The van der Waals surface area contributed by atoms with Gasteiger partial charge in [-0.05, 0) is 61.1 Å². The third-order valence-electron chi connectivity index (χ3n) is 3.06. The first-order valence-corrected chi connectivity index (χ1v) is 6.99. The Morgan fingerprint density at radius 1 is 1.47 bits per heavy atom. The molecule has 1 saturated heterocycles. The van der Waals surface area contributed by atoms with Gasteiger partial charge in [0, 0.05) is 0 Å². The van der Waals surface area contributed by atoms with Gasteiger partial charge in [0.2, 0.25) is 0 Å². The van der Waals surface area contributed by atoms with Crippen molar-refractivity contribution in [3.63, 3.8) is 0 Å². The van der Waals surface area contributed by atoms with Crippen molar-refractivity contribution in [1.29, 1.82) is 0 Å². The fraction of sp³-hybridized carbons (Fsp3) is 0.929. The van der Waals surface area contributed by atoms with Gasteiger partial charge in [-0.3, -0.25) is 4.90 Å². The van der Waals surface area contributed by atoms with Crippen LogP contribution >= 0.6 is 0 Å². The van der Waals surface area contributed by atoms with Gasteiger partial charge in [0.1, 0.15) is 11.3 Å². The summed E-state index contributed by atoms with van der Waals surface area (Å²) in [6.07, 6.45) is 1.78. The maximum absolute atomic E-state index is 12.2. The van der Waals surface area contributed by atoms with Crippen molar-refractivity contribution in [2.75, 3.05) is 20.1 Å². The van der Waals surface area contributed by atoms with Crippen LogP contribution in [-0.2, 0) is 9.47 Å². The largest absolute Gasteiger partial charge is 0.444 e. The zero-order valence-corrected chi connectivity index (χ0v) is 13.1. The fourth-order valence-corrected chi connectivity index (χ4v) is 2.20. The molecule has 5 nitrogen and oxygen atoms in total. The van der Waals surface area contributed by atoms with Gasteiger partial charge in [-0.1, -0.05) is 0 Å². The minimum atomic E-state index is -0.591. The zero-order chi connectivity index (χ0) is 14.7. The third kappa shape index (κ3) is 4.99. The molecule has 1 unspecified atom stereocenters. The maximum Gasteiger partial charge on any atom is 0.412 e. The molecule has 1 rings (SSSR count). The molecule has 0 aromatic heterocycles. The highest BCUT2D eigenvalue weighted by molar-refractivity contribution is 5.69. The monoisotopic (exact) mass is 272 g/mol. The van der Waals surface area contributed by atoms with E-state index in [1.165, 1.54) is 0 Å². The average molecular weight is 272 g/mol. The lowest BCUT2D eigenvalue weighted by molar-refractivity contribution is -0.0793. The SMILES string of the molecule is CNCCCC1CN(C(=O)OC(C)(C)C)C(C)(C)O1. The molecule has 1 N–H and O–H groups in total. The van der Waals surface area contributed by atoms with Crippen molar-refractivity contribution in [3.05, 3.63) is 0 Å². The van der Waals surface area contributed by atoms with Crippen molar-refractivity contribution in [3.8, 4) is 0 Å². The molecule has 0 radical (unpaired) electrons.